The van der Waals surface area contributed by atoms with E-state index in [-0.39, 0.29) is 5.97 Å². The second-order valence-corrected chi connectivity index (χ2v) is 5.71. The highest BCUT2D eigenvalue weighted by Gasteiger charge is 2.30. The van der Waals surface area contributed by atoms with E-state index in [1.54, 1.807) is 0 Å². The molecule has 0 aromatic heterocycles. The summed E-state index contributed by atoms with van der Waals surface area (Å²) >= 11 is 0. The van der Waals surface area contributed by atoms with Gasteiger partial charge < -0.3 is 10.1 Å². The molecular formula is C14H27NO2. The van der Waals surface area contributed by atoms with Crippen molar-refractivity contribution in [3.8, 4) is 0 Å². The van der Waals surface area contributed by atoms with Gasteiger partial charge >= 0.3 is 5.97 Å². The average Bonchev–Trinajstić information content (AvgIpc) is 2.28. The lowest BCUT2D eigenvalue weighted by atomic mass is 9.74. The molecule has 3 heteroatoms. The number of nitrogens with one attached hydrogen (secondary N) is 1. The fourth-order valence-corrected chi connectivity index (χ4v) is 2.90. The summed E-state index contributed by atoms with van der Waals surface area (Å²) < 4.78 is 4.66. The number of ether oxygens (including phenoxy) is 1. The summed E-state index contributed by atoms with van der Waals surface area (Å²) in [5, 5.41) is 3.55. The Hall–Kier alpha value is -0.570. The zero-order chi connectivity index (χ0) is 12.8. The van der Waals surface area contributed by atoms with Crippen molar-refractivity contribution in [2.75, 3.05) is 13.7 Å². The molecule has 3 unspecified atom stereocenters. The monoisotopic (exact) mass is 241 g/mol. The highest BCUT2D eigenvalue weighted by molar-refractivity contribution is 5.69. The standard InChI is InChI=1S/C14H27NO2/c1-10(2)12-6-5-11(3)9-13(12)15-8-7-14(16)17-4/h10-13,15H,5-9H2,1-4H3. The maximum atomic E-state index is 11.1. The summed E-state index contributed by atoms with van der Waals surface area (Å²) in [6, 6.07) is 0.573. The first-order chi connectivity index (χ1) is 8.04. The third-order valence-corrected chi connectivity index (χ3v) is 3.99. The second-order valence-electron chi connectivity index (χ2n) is 5.71. The smallest absolute Gasteiger partial charge is 0.306 e. The van der Waals surface area contributed by atoms with Crippen LogP contribution in [0.3, 0.4) is 0 Å². The van der Waals surface area contributed by atoms with Gasteiger partial charge in [0, 0.05) is 12.6 Å². The minimum Gasteiger partial charge on any atom is -0.469 e. The molecule has 0 bridgehead atoms. The molecule has 1 rings (SSSR count). The average molecular weight is 241 g/mol. The molecule has 3 nitrogen and oxygen atoms in total. The normalized spacial score (nSPS) is 29.4. The van der Waals surface area contributed by atoms with E-state index in [9.17, 15) is 4.79 Å². The van der Waals surface area contributed by atoms with Gasteiger partial charge in [0.05, 0.1) is 13.5 Å². The molecule has 0 amide bonds. The molecule has 1 aliphatic rings. The molecule has 100 valence electrons. The van der Waals surface area contributed by atoms with Gasteiger partial charge in [-0.15, -0.1) is 0 Å². The van der Waals surface area contributed by atoms with Crippen LogP contribution in [-0.2, 0) is 9.53 Å². The van der Waals surface area contributed by atoms with Crippen molar-refractivity contribution in [1.82, 2.24) is 5.32 Å². The predicted molar refractivity (Wildman–Crippen MR) is 69.8 cm³/mol. The maximum absolute atomic E-state index is 11.1. The van der Waals surface area contributed by atoms with E-state index in [1.807, 2.05) is 0 Å². The molecule has 0 radical (unpaired) electrons. The number of rotatable bonds is 5. The third-order valence-electron chi connectivity index (χ3n) is 3.99. The van der Waals surface area contributed by atoms with E-state index >= 15 is 0 Å². The fraction of sp³-hybridized carbons (Fsp3) is 0.929. The van der Waals surface area contributed by atoms with Gasteiger partial charge in [-0.2, -0.15) is 0 Å². The molecule has 1 saturated carbocycles. The van der Waals surface area contributed by atoms with Crippen LogP contribution in [0.1, 0.15) is 46.5 Å². The summed E-state index contributed by atoms with van der Waals surface area (Å²) in [6.07, 6.45) is 4.38. The predicted octanol–water partition coefficient (Wildman–Crippen LogP) is 2.60. The lowest BCUT2D eigenvalue weighted by Crippen LogP contribution is -2.43. The topological polar surface area (TPSA) is 38.3 Å². The van der Waals surface area contributed by atoms with Crippen LogP contribution in [0.2, 0.25) is 0 Å². The third kappa shape index (κ3) is 4.66. The fourth-order valence-electron chi connectivity index (χ4n) is 2.90. The Kier molecular flexibility index (Phi) is 5.96. The van der Waals surface area contributed by atoms with Crippen molar-refractivity contribution in [3.63, 3.8) is 0 Å². The molecule has 1 fully saturated rings. The van der Waals surface area contributed by atoms with Crippen LogP contribution in [0.15, 0.2) is 0 Å². The van der Waals surface area contributed by atoms with Crippen LogP contribution in [0.25, 0.3) is 0 Å². The van der Waals surface area contributed by atoms with Gasteiger partial charge in [-0.25, -0.2) is 0 Å². The molecule has 1 aliphatic carbocycles. The van der Waals surface area contributed by atoms with Crippen LogP contribution in [0.5, 0.6) is 0 Å². The Bertz CT molecular complexity index is 240. The first kappa shape index (κ1) is 14.5. The van der Waals surface area contributed by atoms with Gasteiger partial charge in [-0.1, -0.05) is 27.2 Å². The summed E-state index contributed by atoms with van der Waals surface area (Å²) in [7, 11) is 1.45. The van der Waals surface area contributed by atoms with Crippen molar-refractivity contribution in [3.05, 3.63) is 0 Å². The van der Waals surface area contributed by atoms with Crippen molar-refractivity contribution in [1.29, 1.82) is 0 Å². The Labute approximate surface area is 105 Å². The van der Waals surface area contributed by atoms with E-state index in [0.29, 0.717) is 12.5 Å². The molecule has 0 aromatic rings. The van der Waals surface area contributed by atoms with E-state index in [4.69, 9.17) is 0 Å². The number of carbonyl (C=O) groups excluding carboxylic acids is 1. The number of esters is 1. The van der Waals surface area contributed by atoms with Gasteiger partial charge in [-0.3, -0.25) is 4.79 Å². The summed E-state index contributed by atoms with van der Waals surface area (Å²) in [5.41, 5.74) is 0. The highest BCUT2D eigenvalue weighted by atomic mass is 16.5. The lowest BCUT2D eigenvalue weighted by Gasteiger charge is -2.38. The van der Waals surface area contributed by atoms with E-state index in [1.165, 1.54) is 26.4 Å². The molecule has 0 aliphatic heterocycles. The van der Waals surface area contributed by atoms with E-state index in [0.717, 1.165) is 24.3 Å². The van der Waals surface area contributed by atoms with Gasteiger partial charge in [-0.05, 0) is 30.6 Å². The Morgan fingerprint density at radius 2 is 2.12 bits per heavy atom. The van der Waals surface area contributed by atoms with Crippen molar-refractivity contribution >= 4 is 5.97 Å². The summed E-state index contributed by atoms with van der Waals surface area (Å²) in [4.78, 5) is 11.1. The van der Waals surface area contributed by atoms with Gasteiger partial charge in [0.2, 0.25) is 0 Å². The zero-order valence-electron chi connectivity index (χ0n) is 11.7. The summed E-state index contributed by atoms with van der Waals surface area (Å²) in [5.74, 6) is 2.16. The highest BCUT2D eigenvalue weighted by Crippen LogP contribution is 2.33. The number of methoxy groups -OCH3 is 1. The molecular weight excluding hydrogens is 214 g/mol. The minimum atomic E-state index is -0.123. The molecule has 0 saturated heterocycles. The van der Waals surface area contributed by atoms with E-state index in [2.05, 4.69) is 30.8 Å². The van der Waals surface area contributed by atoms with Crippen LogP contribution in [-0.4, -0.2) is 25.7 Å². The Balaban J connectivity index is 2.38. The van der Waals surface area contributed by atoms with E-state index < -0.39 is 0 Å². The minimum absolute atomic E-state index is 0.123. The van der Waals surface area contributed by atoms with Gasteiger partial charge in [0.1, 0.15) is 0 Å². The van der Waals surface area contributed by atoms with Gasteiger partial charge in [0.15, 0.2) is 0 Å². The first-order valence-electron chi connectivity index (χ1n) is 6.84. The quantitative estimate of drug-likeness (QED) is 0.752. The number of hydrogen-bond acceptors (Lipinski definition) is 3. The number of hydrogen-bond donors (Lipinski definition) is 1. The van der Waals surface area contributed by atoms with Gasteiger partial charge in [0.25, 0.3) is 0 Å². The van der Waals surface area contributed by atoms with Crippen molar-refractivity contribution in [2.45, 2.75) is 52.5 Å². The largest absolute Gasteiger partial charge is 0.469 e. The van der Waals surface area contributed by atoms with Crippen LogP contribution in [0, 0.1) is 17.8 Å². The first-order valence-corrected chi connectivity index (χ1v) is 6.84. The molecule has 1 N–H and O–H groups in total. The van der Waals surface area contributed by atoms with Crippen LogP contribution >= 0.6 is 0 Å². The van der Waals surface area contributed by atoms with Crippen molar-refractivity contribution in [2.24, 2.45) is 17.8 Å². The van der Waals surface area contributed by atoms with Crippen LogP contribution in [0.4, 0.5) is 0 Å². The Morgan fingerprint density at radius 3 is 2.71 bits per heavy atom. The Morgan fingerprint density at radius 1 is 1.41 bits per heavy atom. The van der Waals surface area contributed by atoms with Crippen molar-refractivity contribution < 1.29 is 9.53 Å². The maximum Gasteiger partial charge on any atom is 0.306 e. The molecule has 0 aromatic carbocycles. The SMILES string of the molecule is COC(=O)CCNC1CC(C)CCC1C(C)C. The zero-order valence-corrected chi connectivity index (χ0v) is 11.7. The molecule has 0 spiro atoms. The molecule has 0 heterocycles. The second kappa shape index (κ2) is 7.00. The lowest BCUT2D eigenvalue weighted by molar-refractivity contribution is -0.140. The summed E-state index contributed by atoms with van der Waals surface area (Å²) in [6.45, 7) is 7.67. The van der Waals surface area contributed by atoms with Crippen LogP contribution < -0.4 is 5.32 Å². The molecule has 17 heavy (non-hydrogen) atoms. The molecule has 3 atom stereocenters. The number of carbonyl (C=O) groups is 1.